The number of Topliss-reactive ketones (excluding diaryl/α,β-unsaturated/α-hetero) is 1. The molecule has 2 aromatic rings. The number of nitrogens with zero attached hydrogens (tertiary/aromatic N) is 4. The Labute approximate surface area is 130 Å². The molecule has 3 rings (SSSR count). The average Bonchev–Trinajstić information content (AvgIpc) is 3.10. The van der Waals surface area contributed by atoms with Crippen LogP contribution in [0.4, 0.5) is 0 Å². The number of aryl methyl sites for hydroxylation is 2. The van der Waals surface area contributed by atoms with Crippen LogP contribution >= 0.6 is 0 Å². The largest absolute Gasteiger partial charge is 0.360 e. The Morgan fingerprint density at radius 3 is 2.59 bits per heavy atom. The minimum absolute atomic E-state index is 0.187. The molecule has 0 amide bonds. The fourth-order valence-corrected chi connectivity index (χ4v) is 2.85. The Hall–Kier alpha value is -1.92. The van der Waals surface area contributed by atoms with Crippen LogP contribution in [0.2, 0.25) is 0 Å². The fourth-order valence-electron chi connectivity index (χ4n) is 2.85. The van der Waals surface area contributed by atoms with Gasteiger partial charge in [-0.1, -0.05) is 5.16 Å². The van der Waals surface area contributed by atoms with Gasteiger partial charge in [0.25, 0.3) is 0 Å². The van der Waals surface area contributed by atoms with Crippen molar-refractivity contribution in [3.63, 3.8) is 0 Å². The highest BCUT2D eigenvalue weighted by molar-refractivity contribution is 5.96. The number of carbonyl (C=O) groups excluding carboxylic acids is 1. The van der Waals surface area contributed by atoms with Gasteiger partial charge in [-0.25, -0.2) is 0 Å². The standard InChI is InChI=1S/C16H22N4O2/c1-13-10-14(22-17-13)11-19-6-8-20(9-7-19)12-16(21)15-4-3-5-18(15)2/h3-5,10H,6-9,11-12H2,1-2H3. The van der Waals surface area contributed by atoms with Crippen molar-refractivity contribution in [1.82, 2.24) is 19.5 Å². The van der Waals surface area contributed by atoms with Crippen LogP contribution in [0.1, 0.15) is 21.9 Å². The van der Waals surface area contributed by atoms with Gasteiger partial charge < -0.3 is 9.09 Å². The molecule has 0 bridgehead atoms. The van der Waals surface area contributed by atoms with Crippen LogP contribution in [0, 0.1) is 6.92 Å². The van der Waals surface area contributed by atoms with Gasteiger partial charge in [-0.05, 0) is 19.1 Å². The van der Waals surface area contributed by atoms with Gasteiger partial charge in [0.1, 0.15) is 0 Å². The van der Waals surface area contributed by atoms with Gasteiger partial charge in [0.2, 0.25) is 0 Å². The Morgan fingerprint density at radius 1 is 1.27 bits per heavy atom. The zero-order valence-corrected chi connectivity index (χ0v) is 13.2. The van der Waals surface area contributed by atoms with Crippen molar-refractivity contribution < 1.29 is 9.32 Å². The van der Waals surface area contributed by atoms with Crippen molar-refractivity contribution in [2.24, 2.45) is 7.05 Å². The third-order valence-corrected chi connectivity index (χ3v) is 4.12. The Kier molecular flexibility index (Phi) is 4.40. The lowest BCUT2D eigenvalue weighted by Gasteiger charge is -2.33. The summed E-state index contributed by atoms with van der Waals surface area (Å²) < 4.78 is 7.14. The molecule has 3 heterocycles. The normalized spacial score (nSPS) is 17.0. The summed E-state index contributed by atoms with van der Waals surface area (Å²) in [7, 11) is 1.91. The van der Waals surface area contributed by atoms with E-state index in [9.17, 15) is 4.79 Å². The van der Waals surface area contributed by atoms with Gasteiger partial charge in [-0.2, -0.15) is 0 Å². The highest BCUT2D eigenvalue weighted by Crippen LogP contribution is 2.10. The van der Waals surface area contributed by atoms with E-state index in [4.69, 9.17) is 4.52 Å². The minimum Gasteiger partial charge on any atom is -0.360 e. The minimum atomic E-state index is 0.187. The monoisotopic (exact) mass is 302 g/mol. The molecule has 0 aliphatic carbocycles. The van der Waals surface area contributed by atoms with Gasteiger partial charge in [0, 0.05) is 45.5 Å². The van der Waals surface area contributed by atoms with Gasteiger partial charge in [0.05, 0.1) is 24.5 Å². The van der Waals surface area contributed by atoms with Crippen molar-refractivity contribution >= 4 is 5.78 Å². The first-order valence-corrected chi connectivity index (χ1v) is 7.63. The van der Waals surface area contributed by atoms with E-state index < -0.39 is 0 Å². The molecule has 2 aromatic heterocycles. The topological polar surface area (TPSA) is 54.5 Å². The summed E-state index contributed by atoms with van der Waals surface area (Å²) in [5.41, 5.74) is 1.70. The zero-order chi connectivity index (χ0) is 15.5. The summed E-state index contributed by atoms with van der Waals surface area (Å²) in [5.74, 6) is 1.10. The van der Waals surface area contributed by atoms with E-state index in [2.05, 4.69) is 15.0 Å². The van der Waals surface area contributed by atoms with E-state index in [1.807, 2.05) is 42.9 Å². The summed E-state index contributed by atoms with van der Waals surface area (Å²) in [4.78, 5) is 16.8. The molecular weight excluding hydrogens is 280 g/mol. The molecule has 0 radical (unpaired) electrons. The second-order valence-corrected chi connectivity index (χ2v) is 5.91. The maximum absolute atomic E-state index is 12.3. The SMILES string of the molecule is Cc1cc(CN2CCN(CC(=O)c3cccn3C)CC2)on1. The molecule has 1 aliphatic rings. The summed E-state index contributed by atoms with van der Waals surface area (Å²) >= 11 is 0. The van der Waals surface area contributed by atoms with E-state index >= 15 is 0 Å². The molecule has 118 valence electrons. The van der Waals surface area contributed by atoms with Crippen LogP contribution in [0.5, 0.6) is 0 Å². The van der Waals surface area contributed by atoms with Crippen molar-refractivity contribution in [3.05, 3.63) is 41.5 Å². The Balaban J connectivity index is 1.47. The summed E-state index contributed by atoms with van der Waals surface area (Å²) in [5, 5.41) is 3.91. The third kappa shape index (κ3) is 3.45. The van der Waals surface area contributed by atoms with E-state index in [1.165, 1.54) is 0 Å². The number of aromatic nitrogens is 2. The predicted molar refractivity (Wildman–Crippen MR) is 82.7 cm³/mol. The van der Waals surface area contributed by atoms with E-state index in [-0.39, 0.29) is 5.78 Å². The molecule has 0 saturated carbocycles. The molecule has 1 fully saturated rings. The van der Waals surface area contributed by atoms with Crippen LogP contribution in [-0.2, 0) is 13.6 Å². The molecule has 22 heavy (non-hydrogen) atoms. The fraction of sp³-hybridized carbons (Fsp3) is 0.500. The van der Waals surface area contributed by atoms with Crippen molar-refractivity contribution in [3.8, 4) is 0 Å². The number of rotatable bonds is 5. The van der Waals surface area contributed by atoms with Crippen molar-refractivity contribution in [1.29, 1.82) is 0 Å². The number of piperazine rings is 1. The molecule has 0 unspecified atom stereocenters. The molecule has 6 nitrogen and oxygen atoms in total. The van der Waals surface area contributed by atoms with Crippen LogP contribution in [0.3, 0.4) is 0 Å². The Bertz CT molecular complexity index is 638. The first-order valence-electron chi connectivity index (χ1n) is 7.63. The highest BCUT2D eigenvalue weighted by atomic mass is 16.5. The lowest BCUT2D eigenvalue weighted by atomic mass is 10.2. The van der Waals surface area contributed by atoms with Crippen LogP contribution in [0.25, 0.3) is 0 Å². The molecule has 6 heteroatoms. The zero-order valence-electron chi connectivity index (χ0n) is 13.2. The van der Waals surface area contributed by atoms with Gasteiger partial charge in [0.15, 0.2) is 11.5 Å². The molecule has 1 saturated heterocycles. The van der Waals surface area contributed by atoms with Crippen LogP contribution in [0.15, 0.2) is 28.9 Å². The van der Waals surface area contributed by atoms with E-state index in [0.717, 1.165) is 49.9 Å². The average molecular weight is 302 g/mol. The number of hydrogen-bond donors (Lipinski definition) is 0. The van der Waals surface area contributed by atoms with Gasteiger partial charge in [-0.15, -0.1) is 0 Å². The molecule has 0 N–H and O–H groups in total. The second kappa shape index (κ2) is 6.46. The lowest BCUT2D eigenvalue weighted by molar-refractivity contribution is 0.0823. The highest BCUT2D eigenvalue weighted by Gasteiger charge is 2.21. The second-order valence-electron chi connectivity index (χ2n) is 5.91. The molecular formula is C16H22N4O2. The van der Waals surface area contributed by atoms with Gasteiger partial charge in [-0.3, -0.25) is 14.6 Å². The lowest BCUT2D eigenvalue weighted by Crippen LogP contribution is -2.47. The summed E-state index contributed by atoms with van der Waals surface area (Å²) in [6, 6.07) is 5.76. The van der Waals surface area contributed by atoms with Crippen molar-refractivity contribution in [2.75, 3.05) is 32.7 Å². The molecule has 0 atom stereocenters. The quantitative estimate of drug-likeness (QED) is 0.780. The van der Waals surface area contributed by atoms with E-state index in [1.54, 1.807) is 0 Å². The molecule has 0 spiro atoms. The van der Waals surface area contributed by atoms with Gasteiger partial charge >= 0.3 is 0 Å². The Morgan fingerprint density at radius 2 is 2.00 bits per heavy atom. The number of ketones is 1. The van der Waals surface area contributed by atoms with E-state index in [0.29, 0.717) is 6.54 Å². The first kappa shape index (κ1) is 15.0. The third-order valence-electron chi connectivity index (χ3n) is 4.12. The maximum Gasteiger partial charge on any atom is 0.193 e. The smallest absolute Gasteiger partial charge is 0.193 e. The molecule has 1 aliphatic heterocycles. The summed E-state index contributed by atoms with van der Waals surface area (Å²) in [6.45, 7) is 6.92. The number of hydrogen-bond acceptors (Lipinski definition) is 5. The van der Waals surface area contributed by atoms with Crippen LogP contribution in [-0.4, -0.2) is 58.0 Å². The van der Waals surface area contributed by atoms with Crippen LogP contribution < -0.4 is 0 Å². The maximum atomic E-state index is 12.3. The summed E-state index contributed by atoms with van der Waals surface area (Å²) in [6.07, 6.45) is 1.91. The first-order chi connectivity index (χ1) is 10.6. The number of carbonyl (C=O) groups is 1. The van der Waals surface area contributed by atoms with Crippen molar-refractivity contribution in [2.45, 2.75) is 13.5 Å². The molecule has 0 aromatic carbocycles. The predicted octanol–water partition coefficient (Wildman–Crippen LogP) is 1.32.